The molecule has 1 rings (SSSR count). The Kier molecular flexibility index (Phi) is 4.89. The Balaban J connectivity index is 2.83. The van der Waals surface area contributed by atoms with Gasteiger partial charge in [-0.15, -0.1) is 0 Å². The number of carbonyl (C=O) groups excluding carboxylic acids is 1. The second-order valence-corrected chi connectivity index (χ2v) is 6.15. The predicted octanol–water partition coefficient (Wildman–Crippen LogP) is 2.87. The van der Waals surface area contributed by atoms with Crippen LogP contribution < -0.4 is 0 Å². The maximum Gasteiger partial charge on any atom is 0.353 e. The zero-order valence-electron chi connectivity index (χ0n) is 11.0. The summed E-state index contributed by atoms with van der Waals surface area (Å²) in [4.78, 5) is 19.1. The van der Waals surface area contributed by atoms with Gasteiger partial charge in [-0.3, -0.25) is 5.41 Å². The minimum atomic E-state index is -0.584. The molecule has 0 aliphatic rings. The standard InChI is InChI=1S/C12H18IN3O2/c1-5-7(10-15-6-8(13)16-10)9(14)11(17)18-12(2,3)4/h6-7,14H,5H2,1-4H3,(H,15,16)/t7-/m0/s1. The van der Waals surface area contributed by atoms with E-state index in [-0.39, 0.29) is 11.6 Å². The van der Waals surface area contributed by atoms with E-state index in [9.17, 15) is 4.79 Å². The fourth-order valence-electron chi connectivity index (χ4n) is 1.50. The number of hydrogen-bond donors (Lipinski definition) is 2. The van der Waals surface area contributed by atoms with Crippen LogP contribution in [-0.4, -0.2) is 27.2 Å². The highest BCUT2D eigenvalue weighted by Crippen LogP contribution is 2.20. The molecule has 0 bridgehead atoms. The van der Waals surface area contributed by atoms with Crippen molar-refractivity contribution in [1.29, 1.82) is 5.41 Å². The Morgan fingerprint density at radius 2 is 2.22 bits per heavy atom. The first-order valence-electron chi connectivity index (χ1n) is 5.76. The molecule has 1 aromatic rings. The molecular formula is C12H18IN3O2. The molecule has 0 spiro atoms. The summed E-state index contributed by atoms with van der Waals surface area (Å²) < 4.78 is 6.09. The third-order valence-corrected chi connectivity index (χ3v) is 2.82. The zero-order chi connectivity index (χ0) is 13.9. The van der Waals surface area contributed by atoms with Crippen molar-refractivity contribution >= 4 is 34.3 Å². The van der Waals surface area contributed by atoms with Gasteiger partial charge in [0.15, 0.2) is 0 Å². The van der Waals surface area contributed by atoms with E-state index in [1.54, 1.807) is 27.0 Å². The number of rotatable bonds is 4. The third-order valence-electron chi connectivity index (χ3n) is 2.27. The van der Waals surface area contributed by atoms with Gasteiger partial charge < -0.3 is 9.72 Å². The van der Waals surface area contributed by atoms with E-state index >= 15 is 0 Å². The first-order valence-corrected chi connectivity index (χ1v) is 6.84. The molecular weight excluding hydrogens is 345 g/mol. The molecule has 0 saturated carbocycles. The molecule has 0 unspecified atom stereocenters. The Hall–Kier alpha value is -0.920. The molecule has 18 heavy (non-hydrogen) atoms. The fraction of sp³-hybridized carbons (Fsp3) is 0.583. The number of aromatic nitrogens is 2. The summed E-state index contributed by atoms with van der Waals surface area (Å²) in [6.07, 6.45) is 2.31. The molecule has 0 amide bonds. The van der Waals surface area contributed by atoms with Crippen LogP contribution in [0.3, 0.4) is 0 Å². The highest BCUT2D eigenvalue weighted by atomic mass is 127. The fourth-order valence-corrected chi connectivity index (χ4v) is 1.92. The number of carbonyl (C=O) groups is 1. The van der Waals surface area contributed by atoms with Crippen molar-refractivity contribution in [3.05, 3.63) is 15.7 Å². The van der Waals surface area contributed by atoms with Crippen LogP contribution in [0.1, 0.15) is 45.9 Å². The van der Waals surface area contributed by atoms with E-state index in [2.05, 4.69) is 32.6 Å². The molecule has 0 fully saturated rings. The van der Waals surface area contributed by atoms with Gasteiger partial charge in [-0.25, -0.2) is 9.78 Å². The largest absolute Gasteiger partial charge is 0.455 e. The molecule has 1 aromatic heterocycles. The van der Waals surface area contributed by atoms with E-state index in [0.29, 0.717) is 12.2 Å². The van der Waals surface area contributed by atoms with Crippen molar-refractivity contribution in [3.8, 4) is 0 Å². The smallest absolute Gasteiger partial charge is 0.353 e. The Morgan fingerprint density at radius 3 is 2.61 bits per heavy atom. The molecule has 0 aromatic carbocycles. The van der Waals surface area contributed by atoms with Crippen LogP contribution in [0.4, 0.5) is 0 Å². The number of halogens is 1. The van der Waals surface area contributed by atoms with Gasteiger partial charge in [0.1, 0.15) is 17.1 Å². The average molecular weight is 363 g/mol. The number of esters is 1. The van der Waals surface area contributed by atoms with Crippen molar-refractivity contribution in [2.75, 3.05) is 0 Å². The van der Waals surface area contributed by atoms with E-state index < -0.39 is 11.6 Å². The minimum Gasteiger partial charge on any atom is -0.455 e. The van der Waals surface area contributed by atoms with Gasteiger partial charge in [0, 0.05) is 0 Å². The Morgan fingerprint density at radius 1 is 1.61 bits per heavy atom. The normalized spacial score (nSPS) is 13.2. The van der Waals surface area contributed by atoms with E-state index in [0.717, 1.165) is 3.70 Å². The monoisotopic (exact) mass is 363 g/mol. The SMILES string of the molecule is CC[C@@H](C(=N)C(=O)OC(C)(C)C)c1ncc(I)[nH]1. The topological polar surface area (TPSA) is 78.8 Å². The van der Waals surface area contributed by atoms with Gasteiger partial charge in [-0.2, -0.15) is 0 Å². The second kappa shape index (κ2) is 5.81. The molecule has 6 heteroatoms. The first kappa shape index (κ1) is 15.1. The summed E-state index contributed by atoms with van der Waals surface area (Å²) in [7, 11) is 0. The average Bonchev–Trinajstić information content (AvgIpc) is 2.63. The zero-order valence-corrected chi connectivity index (χ0v) is 13.2. The third kappa shape index (κ3) is 4.08. The molecule has 1 heterocycles. The first-order chi connectivity index (χ1) is 8.24. The summed E-state index contributed by atoms with van der Waals surface area (Å²) in [5, 5.41) is 7.94. The number of aromatic amines is 1. The van der Waals surface area contributed by atoms with Crippen LogP contribution in [0.5, 0.6) is 0 Å². The minimum absolute atomic E-state index is 0.0572. The van der Waals surface area contributed by atoms with Gasteiger partial charge in [-0.1, -0.05) is 6.92 Å². The van der Waals surface area contributed by atoms with Crippen molar-refractivity contribution in [3.63, 3.8) is 0 Å². The number of nitrogens with one attached hydrogen (secondary N) is 2. The summed E-state index contributed by atoms with van der Waals surface area (Å²) >= 11 is 2.11. The van der Waals surface area contributed by atoms with Crippen LogP contribution in [-0.2, 0) is 9.53 Å². The molecule has 100 valence electrons. The summed E-state index contributed by atoms with van der Waals surface area (Å²) in [6.45, 7) is 7.28. The number of nitrogens with zero attached hydrogens (tertiary/aromatic N) is 1. The van der Waals surface area contributed by atoms with Crippen molar-refractivity contribution in [1.82, 2.24) is 9.97 Å². The summed E-state index contributed by atoms with van der Waals surface area (Å²) in [5.41, 5.74) is -0.641. The van der Waals surface area contributed by atoms with E-state index in [1.165, 1.54) is 0 Å². The number of imidazole rings is 1. The van der Waals surface area contributed by atoms with Crippen molar-refractivity contribution < 1.29 is 9.53 Å². The number of hydrogen-bond acceptors (Lipinski definition) is 4. The van der Waals surface area contributed by atoms with Crippen LogP contribution in [0.15, 0.2) is 6.20 Å². The van der Waals surface area contributed by atoms with Crippen molar-refractivity contribution in [2.24, 2.45) is 0 Å². The van der Waals surface area contributed by atoms with Gasteiger partial charge in [0.2, 0.25) is 0 Å². The van der Waals surface area contributed by atoms with Crippen molar-refractivity contribution in [2.45, 2.75) is 45.6 Å². The molecule has 0 radical (unpaired) electrons. The molecule has 0 aliphatic carbocycles. The lowest BCUT2D eigenvalue weighted by Gasteiger charge is -2.21. The number of H-pyrrole nitrogens is 1. The summed E-state index contributed by atoms with van der Waals surface area (Å²) in [6, 6.07) is 0. The highest BCUT2D eigenvalue weighted by Gasteiger charge is 2.28. The molecule has 2 N–H and O–H groups in total. The molecule has 0 saturated heterocycles. The van der Waals surface area contributed by atoms with Gasteiger partial charge in [0.05, 0.1) is 15.8 Å². The molecule has 1 atom stereocenters. The molecule has 0 aliphatic heterocycles. The van der Waals surface area contributed by atoms with Crippen LogP contribution in [0.2, 0.25) is 0 Å². The van der Waals surface area contributed by atoms with Crippen LogP contribution in [0.25, 0.3) is 0 Å². The quantitative estimate of drug-likeness (QED) is 0.491. The summed E-state index contributed by atoms with van der Waals surface area (Å²) in [5.74, 6) is -0.290. The number of ether oxygens (including phenoxy) is 1. The maximum atomic E-state index is 11.8. The van der Waals surface area contributed by atoms with Gasteiger partial charge in [0.25, 0.3) is 0 Å². The predicted molar refractivity (Wildman–Crippen MR) is 77.9 cm³/mol. The van der Waals surface area contributed by atoms with Gasteiger partial charge >= 0.3 is 5.97 Å². The Bertz CT molecular complexity index is 448. The lowest BCUT2D eigenvalue weighted by Crippen LogP contribution is -2.31. The van der Waals surface area contributed by atoms with E-state index in [1.807, 2.05) is 6.92 Å². The lowest BCUT2D eigenvalue weighted by molar-refractivity contribution is -0.146. The highest BCUT2D eigenvalue weighted by molar-refractivity contribution is 14.1. The van der Waals surface area contributed by atoms with Gasteiger partial charge in [-0.05, 0) is 49.8 Å². The van der Waals surface area contributed by atoms with Crippen LogP contribution >= 0.6 is 22.6 Å². The van der Waals surface area contributed by atoms with Crippen LogP contribution in [0, 0.1) is 9.11 Å². The maximum absolute atomic E-state index is 11.8. The Labute approximate surface area is 120 Å². The van der Waals surface area contributed by atoms with E-state index in [4.69, 9.17) is 10.1 Å². The second-order valence-electron chi connectivity index (χ2n) is 4.99. The molecule has 5 nitrogen and oxygen atoms in total. The lowest BCUT2D eigenvalue weighted by atomic mass is 9.99.